The number of nitrogens with zero attached hydrogens (tertiary/aromatic N) is 5. The minimum Gasteiger partial charge on any atom is -0.491 e. The average Bonchev–Trinajstić information content (AvgIpc) is 3.40. The van der Waals surface area contributed by atoms with E-state index in [4.69, 9.17) is 4.74 Å². The minimum absolute atomic E-state index is 0.0431. The van der Waals surface area contributed by atoms with E-state index in [0.717, 1.165) is 17.1 Å². The van der Waals surface area contributed by atoms with Gasteiger partial charge in [0.1, 0.15) is 29.9 Å². The van der Waals surface area contributed by atoms with E-state index in [2.05, 4.69) is 0 Å². The lowest BCUT2D eigenvalue weighted by molar-refractivity contribution is -0.148. The number of hydrogen-bond donors (Lipinski definition) is 4. The Kier molecular flexibility index (Phi) is 14.4. The Morgan fingerprint density at radius 1 is 0.720 bits per heavy atom. The first-order chi connectivity index (χ1) is 23.6. The number of carboxylic acids is 4. The van der Waals surface area contributed by atoms with Gasteiger partial charge < -0.3 is 25.2 Å². The third kappa shape index (κ3) is 10.1. The maximum atomic E-state index is 12.7. The summed E-state index contributed by atoms with van der Waals surface area (Å²) in [7, 11) is 0. The fourth-order valence-corrected chi connectivity index (χ4v) is 6.17. The number of rotatable bonds is 14. The van der Waals surface area contributed by atoms with Crippen molar-refractivity contribution in [3.05, 3.63) is 35.9 Å². The van der Waals surface area contributed by atoms with Crippen molar-refractivity contribution in [2.75, 3.05) is 57.3 Å². The Morgan fingerprint density at radius 2 is 1.18 bits per heavy atom. The van der Waals surface area contributed by atoms with Gasteiger partial charge in [-0.3, -0.25) is 48.4 Å². The summed E-state index contributed by atoms with van der Waals surface area (Å²) in [5.41, 5.74) is 0.827. The lowest BCUT2D eigenvalue weighted by Crippen LogP contribution is -2.58. The van der Waals surface area contributed by atoms with Crippen molar-refractivity contribution in [1.29, 1.82) is 0 Å². The Hall–Kier alpha value is -4.38. The summed E-state index contributed by atoms with van der Waals surface area (Å²) in [6.45, 7) is 9.11. The molecule has 1 aromatic carbocycles. The van der Waals surface area contributed by atoms with Crippen molar-refractivity contribution in [2.24, 2.45) is 0 Å². The quantitative estimate of drug-likeness (QED) is 0.199. The predicted molar refractivity (Wildman–Crippen MR) is 181 cm³/mol. The van der Waals surface area contributed by atoms with Crippen LogP contribution in [0.15, 0.2) is 30.4 Å². The monoisotopic (exact) mass is 703 g/mol. The zero-order chi connectivity index (χ0) is 37.3. The number of hydrogen-bond acceptors (Lipinski definition) is 11. The topological polar surface area (TPSA) is 209 Å². The Labute approximate surface area is 291 Å². The third-order valence-electron chi connectivity index (χ3n) is 9.49. The summed E-state index contributed by atoms with van der Waals surface area (Å²) in [4.78, 5) is 82.1. The molecule has 0 spiro atoms. The van der Waals surface area contributed by atoms with Crippen LogP contribution in [-0.2, 0) is 35.2 Å². The number of aliphatic carboxylic acids is 4. The number of carbonyl (C=O) groups is 6. The summed E-state index contributed by atoms with van der Waals surface area (Å²) in [6, 6.07) is 0.323. The molecule has 5 atom stereocenters. The molecule has 0 aliphatic carbocycles. The first kappa shape index (κ1) is 40.1. The standard InChI is InChI=1S/C34H49N5O11/c1-6-17-50-28-8-7-25(19-27(28)39-29(40)9-10-30(39)41)18-26-20-37(23(4)33(46)47)14-13-35(21(2)31(42)43)11-12-36(22(3)32(44)45)15-16-38(26)24(5)34(48)49/h7-10,19,21-24,26H,6,11-18,20H2,1-5H3,(H,42,43)(H,44,45)(H,46,47)(H,48,49). The molecule has 16 nitrogen and oxygen atoms in total. The Morgan fingerprint density at radius 3 is 1.66 bits per heavy atom. The van der Waals surface area contributed by atoms with E-state index in [1.807, 2.05) is 6.92 Å². The summed E-state index contributed by atoms with van der Waals surface area (Å²) >= 11 is 0. The highest BCUT2D eigenvalue weighted by Gasteiger charge is 2.36. The van der Waals surface area contributed by atoms with E-state index in [1.54, 1.807) is 37.8 Å². The Bertz CT molecular complexity index is 1430. The highest BCUT2D eigenvalue weighted by molar-refractivity contribution is 6.28. The van der Waals surface area contributed by atoms with Gasteiger partial charge in [0.05, 0.1) is 12.3 Å². The molecular formula is C34H49N5O11. The molecule has 4 N–H and O–H groups in total. The van der Waals surface area contributed by atoms with Crippen LogP contribution in [0.5, 0.6) is 5.75 Å². The van der Waals surface area contributed by atoms with Gasteiger partial charge in [-0.1, -0.05) is 13.0 Å². The van der Waals surface area contributed by atoms with Crippen molar-refractivity contribution in [1.82, 2.24) is 19.6 Å². The summed E-state index contributed by atoms with van der Waals surface area (Å²) < 4.78 is 5.86. The maximum absolute atomic E-state index is 12.7. The number of carbonyl (C=O) groups excluding carboxylic acids is 2. The first-order valence-electron chi connectivity index (χ1n) is 16.8. The second-order valence-electron chi connectivity index (χ2n) is 12.7. The van der Waals surface area contributed by atoms with Gasteiger partial charge >= 0.3 is 23.9 Å². The van der Waals surface area contributed by atoms with Crippen LogP contribution < -0.4 is 9.64 Å². The van der Waals surface area contributed by atoms with Gasteiger partial charge in [-0.2, -0.15) is 0 Å². The van der Waals surface area contributed by atoms with E-state index < -0.39 is 65.9 Å². The van der Waals surface area contributed by atoms with E-state index >= 15 is 0 Å². The SMILES string of the molecule is CCCOc1ccc(CC2CN(C(C)C(=O)O)CCN(C(C)C(=O)O)CCN(C(C)C(=O)O)CCN2C(C)C(=O)O)cc1N1C(=O)C=CC1=O. The van der Waals surface area contributed by atoms with Crippen LogP contribution in [0.4, 0.5) is 5.69 Å². The lowest BCUT2D eigenvalue weighted by Gasteiger charge is -2.42. The van der Waals surface area contributed by atoms with Crippen molar-refractivity contribution in [2.45, 2.75) is 77.7 Å². The molecule has 0 saturated carbocycles. The molecule has 16 heteroatoms. The largest absolute Gasteiger partial charge is 0.491 e. The van der Waals surface area contributed by atoms with Crippen LogP contribution in [0.3, 0.4) is 0 Å². The fourth-order valence-electron chi connectivity index (χ4n) is 6.17. The molecule has 2 aliphatic heterocycles. The van der Waals surface area contributed by atoms with Gasteiger partial charge in [-0.05, 0) is 58.2 Å². The smallest absolute Gasteiger partial charge is 0.320 e. The molecule has 276 valence electrons. The minimum atomic E-state index is -1.14. The van der Waals surface area contributed by atoms with Crippen LogP contribution >= 0.6 is 0 Å². The number of anilines is 1. The molecule has 1 aromatic rings. The van der Waals surface area contributed by atoms with E-state index in [-0.39, 0.29) is 57.9 Å². The molecule has 0 aromatic heterocycles. The van der Waals surface area contributed by atoms with Crippen LogP contribution in [0, 0.1) is 0 Å². The zero-order valence-corrected chi connectivity index (χ0v) is 29.2. The van der Waals surface area contributed by atoms with E-state index in [1.165, 1.54) is 27.7 Å². The van der Waals surface area contributed by atoms with Crippen LogP contribution in [0.25, 0.3) is 0 Å². The fraction of sp³-hybridized carbons (Fsp3) is 0.588. The van der Waals surface area contributed by atoms with Crippen molar-refractivity contribution >= 4 is 41.4 Å². The molecule has 1 saturated heterocycles. The third-order valence-corrected chi connectivity index (χ3v) is 9.49. The van der Waals surface area contributed by atoms with Gasteiger partial charge in [0.25, 0.3) is 11.8 Å². The van der Waals surface area contributed by atoms with Crippen LogP contribution in [0.2, 0.25) is 0 Å². The second kappa shape index (κ2) is 18.0. The second-order valence-corrected chi connectivity index (χ2v) is 12.7. The zero-order valence-electron chi connectivity index (χ0n) is 29.2. The van der Waals surface area contributed by atoms with E-state index in [0.29, 0.717) is 24.3 Å². The van der Waals surface area contributed by atoms with Gasteiger partial charge in [-0.25, -0.2) is 4.90 Å². The first-order valence-corrected chi connectivity index (χ1v) is 16.8. The van der Waals surface area contributed by atoms with E-state index in [9.17, 15) is 49.2 Å². The molecule has 0 bridgehead atoms. The van der Waals surface area contributed by atoms with Gasteiger partial charge in [-0.15, -0.1) is 0 Å². The number of benzene rings is 1. The maximum Gasteiger partial charge on any atom is 0.320 e. The summed E-state index contributed by atoms with van der Waals surface area (Å²) in [5, 5.41) is 40.0. The predicted octanol–water partition coefficient (Wildman–Crippen LogP) is 0.930. The number of carboxylic acid groups (broad SMARTS) is 4. The summed E-state index contributed by atoms with van der Waals surface area (Å²) in [5.74, 6) is -5.22. The highest BCUT2D eigenvalue weighted by atomic mass is 16.5. The molecule has 2 amide bonds. The van der Waals surface area contributed by atoms with Crippen molar-refractivity contribution < 1.29 is 53.9 Å². The summed E-state index contributed by atoms with van der Waals surface area (Å²) in [6.07, 6.45) is 3.13. The molecule has 50 heavy (non-hydrogen) atoms. The number of amides is 2. The molecule has 1 fully saturated rings. The van der Waals surface area contributed by atoms with Crippen LogP contribution in [0.1, 0.15) is 46.6 Å². The molecular weight excluding hydrogens is 654 g/mol. The van der Waals surface area contributed by atoms with Gasteiger partial charge in [0, 0.05) is 64.0 Å². The average molecular weight is 704 g/mol. The Balaban J connectivity index is 2.15. The van der Waals surface area contributed by atoms with Crippen molar-refractivity contribution in [3.8, 4) is 5.75 Å². The van der Waals surface area contributed by atoms with Crippen LogP contribution in [-0.4, -0.2) is 158 Å². The molecule has 5 unspecified atom stereocenters. The highest BCUT2D eigenvalue weighted by Crippen LogP contribution is 2.33. The number of imide groups is 1. The normalized spacial score (nSPS) is 21.5. The molecule has 2 heterocycles. The molecule has 3 rings (SSSR count). The van der Waals surface area contributed by atoms with Gasteiger partial charge in [0.2, 0.25) is 0 Å². The van der Waals surface area contributed by atoms with Crippen molar-refractivity contribution in [3.63, 3.8) is 0 Å². The molecule has 2 aliphatic rings. The number of ether oxygens (including phenoxy) is 1. The lowest BCUT2D eigenvalue weighted by atomic mass is 10.00. The van der Waals surface area contributed by atoms with Gasteiger partial charge in [0.15, 0.2) is 0 Å². The molecule has 0 radical (unpaired) electrons.